The van der Waals surface area contributed by atoms with Gasteiger partial charge < -0.3 is 9.84 Å². The van der Waals surface area contributed by atoms with Crippen molar-refractivity contribution in [2.75, 3.05) is 11.5 Å². The van der Waals surface area contributed by atoms with E-state index in [1.807, 2.05) is 37.3 Å². The molecule has 2 heterocycles. The first-order valence-electron chi connectivity index (χ1n) is 11.0. The summed E-state index contributed by atoms with van der Waals surface area (Å²) in [7, 11) is 0. The third-order valence-corrected chi connectivity index (χ3v) is 5.94. The fraction of sp³-hybridized carbons (Fsp3) is 0.148. The van der Waals surface area contributed by atoms with Gasteiger partial charge in [0.1, 0.15) is 11.4 Å². The van der Waals surface area contributed by atoms with Crippen LogP contribution in [0.15, 0.2) is 72.8 Å². The molecule has 1 aliphatic heterocycles. The van der Waals surface area contributed by atoms with Crippen molar-refractivity contribution in [3.05, 3.63) is 101 Å². The summed E-state index contributed by atoms with van der Waals surface area (Å²) in [6.45, 7) is 4.05. The minimum absolute atomic E-state index is 0.108. The molecule has 34 heavy (non-hydrogen) atoms. The molecule has 5 rings (SSSR count). The monoisotopic (exact) mass is 453 g/mol. The smallest absolute Gasteiger partial charge is 0.338 e. The first-order chi connectivity index (χ1) is 16.5. The average molecular weight is 453 g/mol. The van der Waals surface area contributed by atoms with Crippen LogP contribution in [0.2, 0.25) is 0 Å². The maximum Gasteiger partial charge on any atom is 0.338 e. The number of hydrogen-bond donors (Lipinski definition) is 2. The number of amides is 1. The normalized spacial score (nSPS) is 14.8. The molecule has 4 aromatic rings. The van der Waals surface area contributed by atoms with Crippen LogP contribution in [0.5, 0.6) is 5.75 Å². The van der Waals surface area contributed by atoms with Gasteiger partial charge in [0.15, 0.2) is 0 Å². The highest BCUT2D eigenvalue weighted by Crippen LogP contribution is 2.45. The molecule has 1 aliphatic rings. The Morgan fingerprint density at radius 1 is 1.09 bits per heavy atom. The van der Waals surface area contributed by atoms with Crippen molar-refractivity contribution >= 4 is 17.6 Å². The number of aromatic amines is 1. The van der Waals surface area contributed by atoms with Crippen molar-refractivity contribution in [2.24, 2.45) is 0 Å². The number of esters is 1. The molecule has 1 amide bonds. The molecule has 0 aliphatic carbocycles. The molecule has 0 bridgehead atoms. The van der Waals surface area contributed by atoms with Crippen molar-refractivity contribution in [3.8, 4) is 17.0 Å². The van der Waals surface area contributed by atoms with Crippen LogP contribution in [0.1, 0.15) is 50.5 Å². The first kappa shape index (κ1) is 21.5. The number of phenolic OH excluding ortho intramolecular Hbond substituents is 1. The van der Waals surface area contributed by atoms with Gasteiger partial charge in [-0.05, 0) is 55.8 Å². The Morgan fingerprint density at radius 2 is 1.82 bits per heavy atom. The molecule has 0 radical (unpaired) electrons. The Morgan fingerprint density at radius 3 is 2.50 bits per heavy atom. The van der Waals surface area contributed by atoms with Crippen LogP contribution < -0.4 is 4.90 Å². The largest absolute Gasteiger partial charge is 0.508 e. The van der Waals surface area contributed by atoms with Gasteiger partial charge in [-0.15, -0.1) is 0 Å². The van der Waals surface area contributed by atoms with Gasteiger partial charge >= 0.3 is 5.97 Å². The van der Waals surface area contributed by atoms with Crippen molar-refractivity contribution in [1.29, 1.82) is 0 Å². The van der Waals surface area contributed by atoms with Gasteiger partial charge in [0, 0.05) is 16.8 Å². The van der Waals surface area contributed by atoms with E-state index in [1.54, 1.807) is 54.3 Å². The topological polar surface area (TPSA) is 95.5 Å². The second-order valence-electron chi connectivity index (χ2n) is 8.17. The lowest BCUT2D eigenvalue weighted by molar-refractivity contribution is 0.0526. The molecule has 2 N–H and O–H groups in total. The van der Waals surface area contributed by atoms with E-state index in [0.717, 1.165) is 22.3 Å². The van der Waals surface area contributed by atoms with Crippen LogP contribution in [0.25, 0.3) is 11.3 Å². The third-order valence-electron chi connectivity index (χ3n) is 5.94. The first-order valence-corrected chi connectivity index (χ1v) is 11.0. The maximum absolute atomic E-state index is 13.6. The summed E-state index contributed by atoms with van der Waals surface area (Å²) >= 11 is 0. The highest BCUT2D eigenvalue weighted by molar-refractivity contribution is 6.12. The number of aromatic hydroxyl groups is 1. The van der Waals surface area contributed by atoms with Crippen molar-refractivity contribution in [3.63, 3.8) is 0 Å². The van der Waals surface area contributed by atoms with Gasteiger partial charge in [0.05, 0.1) is 23.9 Å². The number of H-pyrrole nitrogens is 1. The number of carbonyl (C=O) groups excluding carboxylic acids is 2. The lowest BCUT2D eigenvalue weighted by Gasteiger charge is -2.26. The zero-order valence-corrected chi connectivity index (χ0v) is 18.8. The van der Waals surface area contributed by atoms with Gasteiger partial charge in [-0.1, -0.05) is 42.0 Å². The van der Waals surface area contributed by atoms with Gasteiger partial charge in [0.25, 0.3) is 5.91 Å². The van der Waals surface area contributed by atoms with E-state index in [1.165, 1.54) is 0 Å². The lowest BCUT2D eigenvalue weighted by Crippen LogP contribution is -2.29. The quantitative estimate of drug-likeness (QED) is 0.414. The molecule has 7 heteroatoms. The summed E-state index contributed by atoms with van der Waals surface area (Å²) < 4.78 is 5.07. The highest BCUT2D eigenvalue weighted by Gasteiger charge is 2.43. The van der Waals surface area contributed by atoms with Crippen molar-refractivity contribution < 1.29 is 19.4 Å². The number of rotatable bonds is 5. The number of anilines is 1. The molecule has 0 fully saturated rings. The van der Waals surface area contributed by atoms with Crippen molar-refractivity contribution in [1.82, 2.24) is 10.2 Å². The van der Waals surface area contributed by atoms with E-state index in [2.05, 4.69) is 10.2 Å². The summed E-state index contributed by atoms with van der Waals surface area (Å²) in [6, 6.07) is 21.1. The summed E-state index contributed by atoms with van der Waals surface area (Å²) in [4.78, 5) is 27.3. The van der Waals surface area contributed by atoms with E-state index >= 15 is 0 Å². The average Bonchev–Trinajstić information content (AvgIpc) is 3.39. The van der Waals surface area contributed by atoms with Crippen LogP contribution >= 0.6 is 0 Å². The minimum Gasteiger partial charge on any atom is -0.508 e. The number of hydrogen-bond acceptors (Lipinski definition) is 5. The second kappa shape index (κ2) is 8.51. The van der Waals surface area contributed by atoms with E-state index in [9.17, 15) is 14.7 Å². The summed E-state index contributed by atoms with van der Waals surface area (Å²) in [5.74, 6) is -0.545. The highest BCUT2D eigenvalue weighted by atomic mass is 16.5. The molecule has 0 saturated carbocycles. The van der Waals surface area contributed by atoms with Crippen LogP contribution in [0.3, 0.4) is 0 Å². The maximum atomic E-state index is 13.6. The fourth-order valence-corrected chi connectivity index (χ4v) is 4.33. The number of nitrogens with zero attached hydrogens (tertiary/aromatic N) is 2. The fourth-order valence-electron chi connectivity index (χ4n) is 4.33. The number of nitrogens with one attached hydrogen (secondary N) is 1. The second-order valence-corrected chi connectivity index (χ2v) is 8.17. The van der Waals surface area contributed by atoms with E-state index < -0.39 is 12.0 Å². The number of benzene rings is 3. The van der Waals surface area contributed by atoms with E-state index in [4.69, 9.17) is 4.74 Å². The molecule has 170 valence electrons. The Hall–Kier alpha value is -4.39. The molecule has 0 spiro atoms. The predicted molar refractivity (Wildman–Crippen MR) is 128 cm³/mol. The Bertz CT molecular complexity index is 1370. The van der Waals surface area contributed by atoms with Crippen LogP contribution in [0, 0.1) is 6.92 Å². The van der Waals surface area contributed by atoms with E-state index in [0.29, 0.717) is 22.6 Å². The molecular formula is C27H23N3O4. The number of aryl methyl sites for hydroxylation is 1. The Balaban J connectivity index is 1.64. The number of carbonyl (C=O) groups is 2. The molecule has 0 saturated heterocycles. The van der Waals surface area contributed by atoms with E-state index in [-0.39, 0.29) is 18.3 Å². The SMILES string of the molecule is CCOC(=O)c1ccc(N2C(=O)c3[nH]nc(-c4ccc(C)cc4)c3[C@@H]2c2cccc(O)c2)cc1. The zero-order valence-electron chi connectivity index (χ0n) is 18.8. The molecule has 1 atom stereocenters. The molecular weight excluding hydrogens is 430 g/mol. The standard InChI is InChI=1S/C27H23N3O4/c1-3-34-27(33)18-11-13-20(14-12-18)30-25(19-5-4-6-21(31)15-19)22-23(28-29-24(22)26(30)32)17-9-7-16(2)8-10-17/h4-15,25,31H,3H2,1-2H3,(H,28,29)/t25-/m0/s1. The van der Waals surface area contributed by atoms with Gasteiger partial charge in [0.2, 0.25) is 0 Å². The van der Waals surface area contributed by atoms with Gasteiger partial charge in [-0.3, -0.25) is 14.8 Å². The summed E-state index contributed by atoms with van der Waals surface area (Å²) in [5, 5.41) is 17.6. The minimum atomic E-state index is -0.516. The van der Waals surface area contributed by atoms with Gasteiger partial charge in [-0.25, -0.2) is 4.79 Å². The number of aromatic nitrogens is 2. The van der Waals surface area contributed by atoms with Crippen LogP contribution in [-0.2, 0) is 4.74 Å². The zero-order chi connectivity index (χ0) is 23.8. The molecule has 7 nitrogen and oxygen atoms in total. The van der Waals surface area contributed by atoms with Gasteiger partial charge in [-0.2, -0.15) is 5.10 Å². The van der Waals surface area contributed by atoms with Crippen LogP contribution in [-0.4, -0.2) is 33.8 Å². The predicted octanol–water partition coefficient (Wildman–Crippen LogP) is 5.02. The summed E-state index contributed by atoms with van der Waals surface area (Å²) in [6.07, 6.45) is 0. The lowest BCUT2D eigenvalue weighted by atomic mass is 9.95. The molecule has 1 aromatic heterocycles. The molecule has 3 aromatic carbocycles. The number of fused-ring (bicyclic) bond motifs is 1. The summed E-state index contributed by atoms with van der Waals surface area (Å²) in [5.41, 5.74) is 5.61. The number of phenols is 1. The molecule has 0 unspecified atom stereocenters. The van der Waals surface area contributed by atoms with Crippen molar-refractivity contribution in [2.45, 2.75) is 19.9 Å². The Kier molecular flexibility index (Phi) is 5.37. The Labute approximate surface area is 196 Å². The third kappa shape index (κ3) is 3.61. The number of ether oxygens (including phenoxy) is 1. The van der Waals surface area contributed by atoms with Crippen LogP contribution in [0.4, 0.5) is 5.69 Å².